The number of ether oxygens (including phenoxy) is 1. The van der Waals surface area contributed by atoms with Crippen molar-refractivity contribution in [3.8, 4) is 5.75 Å². The van der Waals surface area contributed by atoms with E-state index in [0.29, 0.717) is 36.1 Å². The Morgan fingerprint density at radius 2 is 1.85 bits per heavy atom. The van der Waals surface area contributed by atoms with E-state index in [4.69, 9.17) is 10.5 Å². The zero-order valence-corrected chi connectivity index (χ0v) is 15.0. The van der Waals surface area contributed by atoms with E-state index >= 15 is 0 Å². The maximum atomic E-state index is 12.6. The van der Waals surface area contributed by atoms with Gasteiger partial charge < -0.3 is 15.0 Å². The van der Waals surface area contributed by atoms with Crippen molar-refractivity contribution in [2.45, 2.75) is 19.9 Å². The Hall–Kier alpha value is -3.41. The normalized spacial score (nSPS) is 10.7. The van der Waals surface area contributed by atoms with Crippen LogP contribution in [0.25, 0.3) is 10.9 Å². The number of carbonyl (C=O) groups is 3. The fourth-order valence-electron chi connectivity index (χ4n) is 3.35. The lowest BCUT2D eigenvalue weighted by atomic mass is 10.0. The minimum atomic E-state index is -1.02. The van der Waals surface area contributed by atoms with Crippen molar-refractivity contribution < 1.29 is 19.1 Å². The van der Waals surface area contributed by atoms with Gasteiger partial charge in [0.25, 0.3) is 11.7 Å². The van der Waals surface area contributed by atoms with Gasteiger partial charge in [0.05, 0.1) is 16.5 Å². The summed E-state index contributed by atoms with van der Waals surface area (Å²) in [7, 11) is 0. The van der Waals surface area contributed by atoms with Gasteiger partial charge >= 0.3 is 0 Å². The van der Waals surface area contributed by atoms with Gasteiger partial charge in [0.1, 0.15) is 12.4 Å². The summed E-state index contributed by atoms with van der Waals surface area (Å²) in [5.41, 5.74) is 8.07. The quantitative estimate of drug-likeness (QED) is 0.378. The minimum absolute atomic E-state index is 0.144. The lowest BCUT2D eigenvalue weighted by Gasteiger charge is -2.10. The number of primary amides is 1. The van der Waals surface area contributed by atoms with Crippen molar-refractivity contribution in [2.24, 2.45) is 5.73 Å². The largest absolute Gasteiger partial charge is 0.485 e. The van der Waals surface area contributed by atoms with Crippen molar-refractivity contribution in [1.29, 1.82) is 0 Å². The first-order chi connectivity index (χ1) is 13.1. The number of amides is 1. The average Bonchev–Trinajstić information content (AvgIpc) is 3.00. The third kappa shape index (κ3) is 3.46. The molecule has 1 aromatic heterocycles. The van der Waals surface area contributed by atoms with E-state index in [0.717, 1.165) is 11.1 Å². The van der Waals surface area contributed by atoms with Gasteiger partial charge in [-0.25, -0.2) is 0 Å². The van der Waals surface area contributed by atoms with E-state index < -0.39 is 11.7 Å². The summed E-state index contributed by atoms with van der Waals surface area (Å²) < 4.78 is 7.51. The molecule has 27 heavy (non-hydrogen) atoms. The van der Waals surface area contributed by atoms with Crippen LogP contribution in [0.5, 0.6) is 5.75 Å². The fourth-order valence-corrected chi connectivity index (χ4v) is 3.35. The van der Waals surface area contributed by atoms with Crippen LogP contribution in [-0.4, -0.2) is 29.2 Å². The minimum Gasteiger partial charge on any atom is -0.485 e. The smallest absolute Gasteiger partial charge is 0.289 e. The number of carbonyl (C=O) groups excluding carboxylic acids is 3. The molecule has 0 unspecified atom stereocenters. The van der Waals surface area contributed by atoms with Gasteiger partial charge in [-0.2, -0.15) is 0 Å². The van der Waals surface area contributed by atoms with E-state index in [1.807, 2.05) is 47.9 Å². The van der Waals surface area contributed by atoms with Crippen LogP contribution in [-0.2, 0) is 22.6 Å². The van der Waals surface area contributed by atoms with Crippen molar-refractivity contribution in [3.63, 3.8) is 0 Å². The number of fused-ring (bicyclic) bond motifs is 1. The number of Topliss-reactive ketones (excluding diaryl/α,β-unsaturated/α-hetero) is 1. The molecule has 0 aliphatic carbocycles. The number of ketones is 1. The molecule has 0 spiro atoms. The summed E-state index contributed by atoms with van der Waals surface area (Å²) in [4.78, 5) is 35.0. The summed E-state index contributed by atoms with van der Waals surface area (Å²) >= 11 is 0. The molecule has 0 bridgehead atoms. The Morgan fingerprint density at radius 3 is 2.48 bits per heavy atom. The molecule has 3 aromatic rings. The second-order valence-corrected chi connectivity index (χ2v) is 6.07. The van der Waals surface area contributed by atoms with E-state index in [-0.39, 0.29) is 12.2 Å². The van der Waals surface area contributed by atoms with Crippen LogP contribution in [0.1, 0.15) is 28.5 Å². The maximum absolute atomic E-state index is 12.6. The first kappa shape index (κ1) is 18.4. The molecule has 138 valence electrons. The molecule has 0 atom stereocenters. The molecule has 0 radical (unpaired) electrons. The molecule has 0 fully saturated rings. The lowest BCUT2D eigenvalue weighted by Crippen LogP contribution is -2.24. The number of rotatable bonds is 8. The topological polar surface area (TPSA) is 91.4 Å². The molecule has 3 rings (SSSR count). The first-order valence-corrected chi connectivity index (χ1v) is 8.67. The SMILES string of the molecule is CCc1c(C(=O)C(N)=O)c2c(OCC=O)cccc2n1Cc1ccccc1. The number of benzene rings is 2. The highest BCUT2D eigenvalue weighted by Gasteiger charge is 2.27. The van der Waals surface area contributed by atoms with E-state index in [9.17, 15) is 14.4 Å². The summed E-state index contributed by atoms with van der Waals surface area (Å²) in [6.45, 7) is 2.30. The molecule has 0 aliphatic rings. The highest BCUT2D eigenvalue weighted by Crippen LogP contribution is 2.35. The predicted octanol–water partition coefficient (Wildman–Crippen LogP) is 2.50. The van der Waals surface area contributed by atoms with Crippen LogP contribution >= 0.6 is 0 Å². The summed E-state index contributed by atoms with van der Waals surface area (Å²) in [6, 6.07) is 15.1. The molecule has 0 aliphatic heterocycles. The van der Waals surface area contributed by atoms with Gasteiger partial charge in [-0.1, -0.05) is 43.3 Å². The molecule has 6 nitrogen and oxygen atoms in total. The van der Waals surface area contributed by atoms with E-state index in [1.54, 1.807) is 12.1 Å². The zero-order chi connectivity index (χ0) is 19.4. The van der Waals surface area contributed by atoms with Crippen molar-refractivity contribution in [2.75, 3.05) is 6.61 Å². The monoisotopic (exact) mass is 364 g/mol. The second kappa shape index (κ2) is 7.86. The van der Waals surface area contributed by atoms with Crippen molar-refractivity contribution >= 4 is 28.9 Å². The van der Waals surface area contributed by atoms with E-state index in [2.05, 4.69) is 0 Å². The number of nitrogens with zero attached hydrogens (tertiary/aromatic N) is 1. The maximum Gasteiger partial charge on any atom is 0.289 e. The molecular weight excluding hydrogens is 344 g/mol. The summed E-state index contributed by atoms with van der Waals surface area (Å²) in [5, 5.41) is 0.510. The third-order valence-corrected chi connectivity index (χ3v) is 4.44. The van der Waals surface area contributed by atoms with Crippen molar-refractivity contribution in [1.82, 2.24) is 4.57 Å². The highest BCUT2D eigenvalue weighted by atomic mass is 16.5. The van der Waals surface area contributed by atoms with Gasteiger partial charge in [0.15, 0.2) is 6.29 Å². The number of aldehydes is 1. The van der Waals surface area contributed by atoms with Crippen LogP contribution in [0.3, 0.4) is 0 Å². The molecule has 1 heterocycles. The Bertz CT molecular complexity index is 1010. The van der Waals surface area contributed by atoms with Gasteiger partial charge in [0, 0.05) is 12.2 Å². The van der Waals surface area contributed by atoms with Crippen LogP contribution in [0, 0.1) is 0 Å². The van der Waals surface area contributed by atoms with Crippen LogP contribution in [0.2, 0.25) is 0 Å². The van der Waals surface area contributed by atoms with E-state index in [1.165, 1.54) is 0 Å². The lowest BCUT2D eigenvalue weighted by molar-refractivity contribution is -0.114. The second-order valence-electron chi connectivity index (χ2n) is 6.07. The van der Waals surface area contributed by atoms with Crippen molar-refractivity contribution in [3.05, 3.63) is 65.4 Å². The third-order valence-electron chi connectivity index (χ3n) is 4.44. The zero-order valence-electron chi connectivity index (χ0n) is 15.0. The average molecular weight is 364 g/mol. The molecule has 1 amide bonds. The number of aromatic nitrogens is 1. The number of nitrogens with two attached hydrogens (primary N) is 1. The molecule has 0 saturated heterocycles. The predicted molar refractivity (Wildman–Crippen MR) is 102 cm³/mol. The van der Waals surface area contributed by atoms with Gasteiger partial charge in [-0.05, 0) is 24.1 Å². The van der Waals surface area contributed by atoms with Crippen LogP contribution in [0.15, 0.2) is 48.5 Å². The Balaban J connectivity index is 2.29. The Morgan fingerprint density at radius 1 is 1.11 bits per heavy atom. The Labute approximate surface area is 156 Å². The Kier molecular flexibility index (Phi) is 5.35. The molecule has 2 N–H and O–H groups in total. The van der Waals surface area contributed by atoms with Gasteiger partial charge in [-0.15, -0.1) is 0 Å². The number of hydrogen-bond acceptors (Lipinski definition) is 4. The molecule has 2 aromatic carbocycles. The van der Waals surface area contributed by atoms with Gasteiger partial charge in [0.2, 0.25) is 0 Å². The molecule has 0 saturated carbocycles. The fraction of sp³-hybridized carbons (Fsp3) is 0.190. The van der Waals surface area contributed by atoms with Crippen LogP contribution < -0.4 is 10.5 Å². The highest BCUT2D eigenvalue weighted by molar-refractivity contribution is 6.45. The van der Waals surface area contributed by atoms with Gasteiger partial charge in [-0.3, -0.25) is 14.4 Å². The molecular formula is C21H20N2O4. The standard InChI is InChI=1S/C21H20N2O4/c1-2-15-19(20(25)21(22)26)18-16(9-6-10-17(18)27-12-11-24)23(15)13-14-7-4-3-5-8-14/h3-11H,2,12-13H2,1H3,(H2,22,26). The van der Waals surface area contributed by atoms with Crippen LogP contribution in [0.4, 0.5) is 0 Å². The summed E-state index contributed by atoms with van der Waals surface area (Å²) in [5.74, 6) is -1.40. The first-order valence-electron chi connectivity index (χ1n) is 8.67. The molecule has 6 heteroatoms. The summed E-state index contributed by atoms with van der Waals surface area (Å²) in [6.07, 6.45) is 1.17. The number of hydrogen-bond donors (Lipinski definition) is 1.